The van der Waals surface area contributed by atoms with Gasteiger partial charge in [-0.05, 0) is 41.9 Å². The minimum atomic E-state index is 0.184. The number of pyridine rings is 1. The Hall–Kier alpha value is -0.700. The van der Waals surface area contributed by atoms with E-state index in [0.717, 1.165) is 12.4 Å². The largest absolute Gasteiger partial charge is 0.370 e. The van der Waals surface area contributed by atoms with Gasteiger partial charge >= 0.3 is 0 Å². The lowest BCUT2D eigenvalue weighted by Gasteiger charge is -2.18. The van der Waals surface area contributed by atoms with Crippen LogP contribution in [0.15, 0.2) is 18.3 Å². The zero-order chi connectivity index (χ0) is 13.4. The van der Waals surface area contributed by atoms with Crippen molar-refractivity contribution in [1.29, 1.82) is 0 Å². The van der Waals surface area contributed by atoms with Gasteiger partial charge in [0.05, 0.1) is 0 Å². The van der Waals surface area contributed by atoms with Crippen molar-refractivity contribution in [3.05, 3.63) is 23.9 Å². The summed E-state index contributed by atoms with van der Waals surface area (Å²) in [7, 11) is 0. The van der Waals surface area contributed by atoms with Crippen molar-refractivity contribution >= 4 is 17.6 Å². The van der Waals surface area contributed by atoms with Crippen LogP contribution in [0.2, 0.25) is 0 Å². The van der Waals surface area contributed by atoms with Crippen LogP contribution in [-0.2, 0) is 5.41 Å². The van der Waals surface area contributed by atoms with Gasteiger partial charge in [0.1, 0.15) is 5.82 Å². The SMILES string of the molecule is CSCCCCCNc1ccc(C(C)(C)C)cn1. The molecule has 1 N–H and O–H groups in total. The summed E-state index contributed by atoms with van der Waals surface area (Å²) in [5, 5.41) is 3.38. The van der Waals surface area contributed by atoms with E-state index in [1.54, 1.807) is 0 Å². The van der Waals surface area contributed by atoms with E-state index in [2.05, 4.69) is 49.5 Å². The van der Waals surface area contributed by atoms with Gasteiger partial charge in [-0.3, -0.25) is 0 Å². The fourth-order valence-corrected chi connectivity index (χ4v) is 2.20. The number of hydrogen-bond acceptors (Lipinski definition) is 3. The highest BCUT2D eigenvalue weighted by Crippen LogP contribution is 2.21. The third kappa shape index (κ3) is 5.76. The number of nitrogens with one attached hydrogen (secondary N) is 1. The predicted octanol–water partition coefficient (Wildman–Crippen LogP) is 4.32. The Kier molecular flexibility index (Phi) is 6.55. The third-order valence-electron chi connectivity index (χ3n) is 2.96. The molecule has 0 aliphatic heterocycles. The zero-order valence-electron chi connectivity index (χ0n) is 12.1. The first-order chi connectivity index (χ1) is 8.54. The molecule has 0 fully saturated rings. The molecule has 0 bridgehead atoms. The highest BCUT2D eigenvalue weighted by atomic mass is 32.2. The Morgan fingerprint density at radius 2 is 1.94 bits per heavy atom. The maximum atomic E-state index is 4.46. The van der Waals surface area contributed by atoms with Crippen LogP contribution in [-0.4, -0.2) is 23.5 Å². The Morgan fingerprint density at radius 1 is 1.17 bits per heavy atom. The van der Waals surface area contributed by atoms with E-state index in [0.29, 0.717) is 0 Å². The monoisotopic (exact) mass is 266 g/mol. The van der Waals surface area contributed by atoms with Crippen molar-refractivity contribution in [2.45, 2.75) is 45.4 Å². The summed E-state index contributed by atoms with van der Waals surface area (Å²) in [6, 6.07) is 4.26. The van der Waals surface area contributed by atoms with Crippen molar-refractivity contribution in [3.8, 4) is 0 Å². The standard InChI is InChI=1S/C15H26N2S/c1-15(2,3)13-8-9-14(17-12-13)16-10-6-5-7-11-18-4/h8-9,12H,5-7,10-11H2,1-4H3,(H,16,17). The van der Waals surface area contributed by atoms with Gasteiger partial charge in [-0.15, -0.1) is 0 Å². The Labute approximate surface area is 116 Å². The molecule has 0 aliphatic rings. The molecule has 1 heterocycles. The maximum Gasteiger partial charge on any atom is 0.125 e. The molecule has 2 nitrogen and oxygen atoms in total. The van der Waals surface area contributed by atoms with Crippen molar-refractivity contribution in [1.82, 2.24) is 4.98 Å². The molecule has 102 valence electrons. The average Bonchev–Trinajstić information content (AvgIpc) is 2.33. The van der Waals surface area contributed by atoms with Gasteiger partial charge in [-0.25, -0.2) is 4.98 Å². The molecule has 0 atom stereocenters. The normalized spacial score (nSPS) is 11.6. The van der Waals surface area contributed by atoms with Crippen molar-refractivity contribution in [3.63, 3.8) is 0 Å². The van der Waals surface area contributed by atoms with Crippen LogP contribution in [0, 0.1) is 0 Å². The number of unbranched alkanes of at least 4 members (excludes halogenated alkanes) is 2. The maximum absolute atomic E-state index is 4.46. The molecule has 0 radical (unpaired) electrons. The summed E-state index contributed by atoms with van der Waals surface area (Å²) in [6.45, 7) is 7.66. The quantitative estimate of drug-likeness (QED) is 0.744. The topological polar surface area (TPSA) is 24.9 Å². The molecule has 1 aromatic rings. The first-order valence-corrected chi connectivity index (χ1v) is 8.13. The van der Waals surface area contributed by atoms with E-state index in [4.69, 9.17) is 0 Å². The second-order valence-electron chi connectivity index (χ2n) is 5.66. The predicted molar refractivity (Wildman–Crippen MR) is 83.7 cm³/mol. The number of rotatable bonds is 7. The van der Waals surface area contributed by atoms with Crippen LogP contribution in [0.3, 0.4) is 0 Å². The first-order valence-electron chi connectivity index (χ1n) is 6.73. The molecule has 0 aliphatic carbocycles. The van der Waals surface area contributed by atoms with Gasteiger partial charge in [-0.2, -0.15) is 11.8 Å². The van der Waals surface area contributed by atoms with Gasteiger partial charge in [0.25, 0.3) is 0 Å². The molecule has 0 saturated heterocycles. The second-order valence-corrected chi connectivity index (χ2v) is 6.65. The molecule has 18 heavy (non-hydrogen) atoms. The van der Waals surface area contributed by atoms with Gasteiger partial charge in [0, 0.05) is 12.7 Å². The van der Waals surface area contributed by atoms with Crippen LogP contribution in [0.25, 0.3) is 0 Å². The zero-order valence-corrected chi connectivity index (χ0v) is 12.9. The summed E-state index contributed by atoms with van der Waals surface area (Å²) in [5.74, 6) is 2.27. The first kappa shape index (κ1) is 15.4. The van der Waals surface area contributed by atoms with Crippen molar-refractivity contribution in [2.24, 2.45) is 0 Å². The fraction of sp³-hybridized carbons (Fsp3) is 0.667. The van der Waals surface area contributed by atoms with E-state index in [1.165, 1.54) is 30.6 Å². The van der Waals surface area contributed by atoms with E-state index in [9.17, 15) is 0 Å². The lowest BCUT2D eigenvalue weighted by Crippen LogP contribution is -2.12. The number of anilines is 1. The second kappa shape index (κ2) is 7.67. The Balaban J connectivity index is 2.27. The Bertz CT molecular complexity index is 327. The highest BCUT2D eigenvalue weighted by Gasteiger charge is 2.13. The van der Waals surface area contributed by atoms with E-state index >= 15 is 0 Å². The van der Waals surface area contributed by atoms with E-state index in [1.807, 2.05) is 18.0 Å². The fourth-order valence-electron chi connectivity index (χ4n) is 1.71. The summed E-state index contributed by atoms with van der Waals surface area (Å²) >= 11 is 1.93. The van der Waals surface area contributed by atoms with Gasteiger partial charge in [0.2, 0.25) is 0 Å². The van der Waals surface area contributed by atoms with E-state index < -0.39 is 0 Å². The molecular formula is C15H26N2S. The van der Waals surface area contributed by atoms with Crippen LogP contribution in [0.4, 0.5) is 5.82 Å². The number of nitrogens with zero attached hydrogens (tertiary/aromatic N) is 1. The number of thioether (sulfide) groups is 1. The molecule has 1 aromatic heterocycles. The van der Waals surface area contributed by atoms with Crippen molar-refractivity contribution < 1.29 is 0 Å². The highest BCUT2D eigenvalue weighted by molar-refractivity contribution is 7.98. The minimum Gasteiger partial charge on any atom is -0.370 e. The Morgan fingerprint density at radius 3 is 2.50 bits per heavy atom. The van der Waals surface area contributed by atoms with Crippen molar-refractivity contribution in [2.75, 3.05) is 23.9 Å². The molecule has 0 amide bonds. The number of aromatic nitrogens is 1. The molecule has 0 aromatic carbocycles. The minimum absolute atomic E-state index is 0.184. The van der Waals surface area contributed by atoms with Crippen LogP contribution >= 0.6 is 11.8 Å². The molecule has 3 heteroatoms. The summed E-state index contributed by atoms with van der Waals surface area (Å²) in [6.07, 6.45) is 7.99. The van der Waals surface area contributed by atoms with Crippen LogP contribution < -0.4 is 5.32 Å². The summed E-state index contributed by atoms with van der Waals surface area (Å²) in [4.78, 5) is 4.46. The molecule has 0 saturated carbocycles. The molecule has 0 unspecified atom stereocenters. The smallest absolute Gasteiger partial charge is 0.125 e. The number of hydrogen-bond donors (Lipinski definition) is 1. The molecular weight excluding hydrogens is 240 g/mol. The molecule has 1 rings (SSSR count). The summed E-state index contributed by atoms with van der Waals surface area (Å²) < 4.78 is 0. The summed E-state index contributed by atoms with van der Waals surface area (Å²) in [5.41, 5.74) is 1.47. The molecule has 0 spiro atoms. The van der Waals surface area contributed by atoms with E-state index in [-0.39, 0.29) is 5.41 Å². The van der Waals surface area contributed by atoms with Crippen LogP contribution in [0.1, 0.15) is 45.6 Å². The van der Waals surface area contributed by atoms with Gasteiger partial charge < -0.3 is 5.32 Å². The lowest BCUT2D eigenvalue weighted by molar-refractivity contribution is 0.587. The average molecular weight is 266 g/mol. The van der Waals surface area contributed by atoms with Crippen LogP contribution in [0.5, 0.6) is 0 Å². The lowest BCUT2D eigenvalue weighted by atomic mass is 9.88. The van der Waals surface area contributed by atoms with Gasteiger partial charge in [-0.1, -0.05) is 33.3 Å². The van der Waals surface area contributed by atoms with Gasteiger partial charge in [0.15, 0.2) is 0 Å². The third-order valence-corrected chi connectivity index (χ3v) is 3.66.